The Balaban J connectivity index is 1.86. The Bertz CT molecular complexity index is 1030. The number of carbonyl (C=O) groups excluding carboxylic acids is 1. The fourth-order valence-electron chi connectivity index (χ4n) is 2.23. The lowest BCUT2D eigenvalue weighted by Crippen LogP contribution is -2.16. The molecule has 0 unspecified atom stereocenters. The van der Waals surface area contributed by atoms with Crippen LogP contribution in [0.2, 0.25) is 0 Å². The summed E-state index contributed by atoms with van der Waals surface area (Å²) in [6.07, 6.45) is -4.81. The van der Waals surface area contributed by atoms with Gasteiger partial charge in [-0.1, -0.05) is 0 Å². The fraction of sp³-hybridized carbons (Fsp3) is 0.0588. The number of aromatic carboxylic acids is 1. The van der Waals surface area contributed by atoms with Crippen molar-refractivity contribution in [3.63, 3.8) is 0 Å². The molecule has 2 N–H and O–H groups in total. The number of furan rings is 1. The zero-order valence-electron chi connectivity index (χ0n) is 13.5. The molecule has 0 aliphatic carbocycles. The highest BCUT2D eigenvalue weighted by Gasteiger charge is 2.31. The summed E-state index contributed by atoms with van der Waals surface area (Å²) in [5, 5.41) is 11.8. The van der Waals surface area contributed by atoms with Crippen molar-refractivity contribution in [1.82, 2.24) is 0 Å². The number of anilines is 1. The van der Waals surface area contributed by atoms with Gasteiger partial charge in [-0.25, -0.2) is 4.79 Å². The lowest BCUT2D eigenvalue weighted by atomic mass is 10.2. The number of benzene rings is 1. The van der Waals surface area contributed by atoms with Crippen LogP contribution >= 0.6 is 27.3 Å². The standard InChI is InChI=1S/C17H9BrF3NO5S/c18-13-6-5-11(26-13)15(23)22-10-7-12(28-14(10)16(24)25)8-1-3-9(4-2-8)27-17(19,20)21/h1-7H,(H,22,23)(H,24,25). The molecule has 0 bridgehead atoms. The molecule has 0 aliphatic heterocycles. The summed E-state index contributed by atoms with van der Waals surface area (Å²) in [5.41, 5.74) is 0.504. The number of nitrogens with one attached hydrogen (secondary N) is 1. The van der Waals surface area contributed by atoms with Crippen LogP contribution in [0.5, 0.6) is 5.75 Å². The van der Waals surface area contributed by atoms with E-state index in [1.807, 2.05) is 0 Å². The van der Waals surface area contributed by atoms with Gasteiger partial charge in [-0.15, -0.1) is 24.5 Å². The molecule has 1 amide bonds. The molecular weight excluding hydrogens is 467 g/mol. The number of alkyl halides is 3. The van der Waals surface area contributed by atoms with Gasteiger partial charge in [0.1, 0.15) is 10.6 Å². The minimum atomic E-state index is -4.81. The third kappa shape index (κ3) is 4.73. The summed E-state index contributed by atoms with van der Waals surface area (Å²) in [7, 11) is 0. The predicted octanol–water partition coefficient (Wildman–Crippen LogP) is 5.62. The van der Waals surface area contributed by atoms with Crippen molar-refractivity contribution in [2.24, 2.45) is 0 Å². The van der Waals surface area contributed by atoms with Crippen molar-refractivity contribution < 1.29 is 37.0 Å². The maximum absolute atomic E-state index is 12.2. The largest absolute Gasteiger partial charge is 0.573 e. The van der Waals surface area contributed by atoms with Crippen LogP contribution in [-0.2, 0) is 0 Å². The average molecular weight is 476 g/mol. The number of hydrogen-bond acceptors (Lipinski definition) is 5. The Morgan fingerprint density at radius 3 is 2.36 bits per heavy atom. The Labute approximate surface area is 167 Å². The quantitative estimate of drug-likeness (QED) is 0.499. The second-order valence-electron chi connectivity index (χ2n) is 5.29. The minimum absolute atomic E-state index is 0.0235. The number of amides is 1. The molecule has 0 saturated heterocycles. The SMILES string of the molecule is O=C(Nc1cc(-c2ccc(OC(F)(F)F)cc2)sc1C(=O)O)c1ccc(Br)o1. The van der Waals surface area contributed by atoms with Gasteiger partial charge >= 0.3 is 12.3 Å². The normalized spacial score (nSPS) is 11.3. The van der Waals surface area contributed by atoms with Gasteiger partial charge in [0.05, 0.1) is 5.69 Å². The van der Waals surface area contributed by atoms with E-state index in [-0.39, 0.29) is 16.3 Å². The van der Waals surface area contributed by atoms with Crippen LogP contribution < -0.4 is 10.1 Å². The van der Waals surface area contributed by atoms with Crippen molar-refractivity contribution in [1.29, 1.82) is 0 Å². The number of carbonyl (C=O) groups is 2. The van der Waals surface area contributed by atoms with Crippen LogP contribution in [0.15, 0.2) is 51.6 Å². The van der Waals surface area contributed by atoms with E-state index in [4.69, 9.17) is 4.42 Å². The molecule has 0 fully saturated rings. The van der Waals surface area contributed by atoms with Crippen LogP contribution in [0.25, 0.3) is 10.4 Å². The van der Waals surface area contributed by atoms with E-state index in [2.05, 4.69) is 26.0 Å². The number of hydrogen-bond donors (Lipinski definition) is 2. The lowest BCUT2D eigenvalue weighted by Gasteiger charge is -2.08. The van der Waals surface area contributed by atoms with Crippen molar-refractivity contribution in [3.8, 4) is 16.2 Å². The fourth-order valence-corrected chi connectivity index (χ4v) is 3.49. The van der Waals surface area contributed by atoms with Crippen molar-refractivity contribution in [3.05, 3.63) is 57.8 Å². The van der Waals surface area contributed by atoms with Gasteiger partial charge in [-0.2, -0.15) is 0 Å². The Morgan fingerprint density at radius 2 is 1.82 bits per heavy atom. The minimum Gasteiger partial charge on any atom is -0.477 e. The lowest BCUT2D eigenvalue weighted by molar-refractivity contribution is -0.274. The second kappa shape index (κ2) is 7.68. The number of thiophene rings is 1. The van der Waals surface area contributed by atoms with Crippen LogP contribution in [0.1, 0.15) is 20.2 Å². The molecule has 1 aromatic carbocycles. The Kier molecular flexibility index (Phi) is 5.47. The van der Waals surface area contributed by atoms with Crippen LogP contribution in [0.4, 0.5) is 18.9 Å². The predicted molar refractivity (Wildman–Crippen MR) is 97.8 cm³/mol. The molecule has 146 valence electrons. The summed E-state index contributed by atoms with van der Waals surface area (Å²) in [5.74, 6) is -2.33. The number of ether oxygens (including phenoxy) is 1. The number of carboxylic acids is 1. The van der Waals surface area contributed by atoms with Gasteiger partial charge in [-0.05, 0) is 64.0 Å². The number of carboxylic acid groups (broad SMARTS) is 1. The van der Waals surface area contributed by atoms with Crippen molar-refractivity contribution in [2.75, 3.05) is 5.32 Å². The number of rotatable bonds is 5. The van der Waals surface area contributed by atoms with Crippen LogP contribution in [0, 0.1) is 0 Å². The highest BCUT2D eigenvalue weighted by atomic mass is 79.9. The number of halogens is 4. The molecule has 2 aromatic heterocycles. The first-order chi connectivity index (χ1) is 13.1. The summed E-state index contributed by atoms with van der Waals surface area (Å²) in [6.45, 7) is 0. The summed E-state index contributed by atoms with van der Waals surface area (Å²) in [4.78, 5) is 24.0. The van der Waals surface area contributed by atoms with E-state index in [1.54, 1.807) is 0 Å². The van der Waals surface area contributed by atoms with Gasteiger partial charge in [0, 0.05) is 4.88 Å². The summed E-state index contributed by atoms with van der Waals surface area (Å²) < 4.78 is 46.0. The van der Waals surface area contributed by atoms with Crippen LogP contribution in [-0.4, -0.2) is 23.3 Å². The molecule has 2 heterocycles. The van der Waals surface area contributed by atoms with Gasteiger partial charge in [0.25, 0.3) is 5.91 Å². The van der Waals surface area contributed by atoms with E-state index < -0.39 is 24.0 Å². The molecule has 0 saturated carbocycles. The zero-order valence-corrected chi connectivity index (χ0v) is 15.9. The molecule has 28 heavy (non-hydrogen) atoms. The molecule has 11 heteroatoms. The van der Waals surface area contributed by atoms with Gasteiger partial charge in [0.2, 0.25) is 0 Å². The second-order valence-corrected chi connectivity index (χ2v) is 7.12. The molecular formula is C17H9BrF3NO5S. The molecule has 0 aliphatic rings. The maximum atomic E-state index is 12.2. The zero-order chi connectivity index (χ0) is 20.5. The highest BCUT2D eigenvalue weighted by molar-refractivity contribution is 9.10. The first-order valence-electron chi connectivity index (χ1n) is 7.42. The molecule has 3 rings (SSSR count). The van der Waals surface area contributed by atoms with E-state index in [0.29, 0.717) is 15.1 Å². The van der Waals surface area contributed by atoms with E-state index in [1.165, 1.54) is 30.3 Å². The first-order valence-corrected chi connectivity index (χ1v) is 9.03. The van der Waals surface area contributed by atoms with E-state index in [0.717, 1.165) is 23.5 Å². The van der Waals surface area contributed by atoms with Gasteiger partial charge in [-0.3, -0.25) is 4.79 Å². The Hall–Kier alpha value is -2.79. The highest BCUT2D eigenvalue weighted by Crippen LogP contribution is 2.36. The summed E-state index contributed by atoms with van der Waals surface area (Å²) in [6, 6.07) is 9.28. The van der Waals surface area contributed by atoms with Crippen molar-refractivity contribution in [2.45, 2.75) is 6.36 Å². The average Bonchev–Trinajstić information content (AvgIpc) is 3.21. The third-order valence-electron chi connectivity index (χ3n) is 3.34. The molecule has 3 aromatic rings. The molecule has 0 spiro atoms. The maximum Gasteiger partial charge on any atom is 0.573 e. The van der Waals surface area contributed by atoms with E-state index in [9.17, 15) is 27.9 Å². The smallest absolute Gasteiger partial charge is 0.477 e. The van der Waals surface area contributed by atoms with Gasteiger partial charge < -0.3 is 19.6 Å². The van der Waals surface area contributed by atoms with Crippen molar-refractivity contribution >= 4 is 44.8 Å². The first kappa shape index (κ1) is 20.0. The molecule has 0 radical (unpaired) electrons. The van der Waals surface area contributed by atoms with E-state index >= 15 is 0 Å². The monoisotopic (exact) mass is 475 g/mol. The summed E-state index contributed by atoms with van der Waals surface area (Å²) >= 11 is 3.93. The van der Waals surface area contributed by atoms with Crippen LogP contribution in [0.3, 0.4) is 0 Å². The molecule has 6 nitrogen and oxygen atoms in total. The Morgan fingerprint density at radius 1 is 1.14 bits per heavy atom. The molecule has 0 atom stereocenters. The topological polar surface area (TPSA) is 88.8 Å². The van der Waals surface area contributed by atoms with Gasteiger partial charge in [0.15, 0.2) is 10.4 Å². The third-order valence-corrected chi connectivity index (χ3v) is 4.94.